The van der Waals surface area contributed by atoms with Crippen LogP contribution in [0, 0.1) is 0 Å². The minimum absolute atomic E-state index is 0.229. The molecule has 0 bridgehead atoms. The minimum Gasteiger partial charge on any atom is -0.322 e. The third-order valence-electron chi connectivity index (χ3n) is 4.45. The van der Waals surface area contributed by atoms with Crippen molar-refractivity contribution in [1.82, 2.24) is 9.97 Å². The number of anilines is 1. The molecule has 31 heavy (non-hydrogen) atoms. The summed E-state index contributed by atoms with van der Waals surface area (Å²) in [5.74, 6) is -0.0935. The molecule has 2 N–H and O–H groups in total. The summed E-state index contributed by atoms with van der Waals surface area (Å²) in [6.07, 6.45) is 1.65. The molecule has 0 aliphatic carbocycles. The number of hydrogen-bond donors (Lipinski definition) is 2. The van der Waals surface area contributed by atoms with Crippen molar-refractivity contribution >= 4 is 68.4 Å². The summed E-state index contributed by atoms with van der Waals surface area (Å²) >= 11 is 18.4. The molecule has 0 unspecified atom stereocenters. The number of aromatic amines is 1. The predicted octanol–water partition coefficient (Wildman–Crippen LogP) is 6.22. The molecule has 0 spiro atoms. The maximum atomic E-state index is 12.5. The number of hydrogen-bond acceptors (Lipinski definition) is 3. The number of amides is 1. The van der Waals surface area contributed by atoms with E-state index in [4.69, 9.17) is 34.8 Å². The van der Waals surface area contributed by atoms with Gasteiger partial charge in [0.15, 0.2) is 5.82 Å². The molecular weight excluding hydrogens is 457 g/mol. The largest absolute Gasteiger partial charge is 0.322 e. The lowest BCUT2D eigenvalue weighted by Crippen LogP contribution is -2.12. The number of nitrogens with one attached hydrogen (secondary N) is 2. The van der Waals surface area contributed by atoms with Crippen LogP contribution in [0.25, 0.3) is 22.0 Å². The van der Waals surface area contributed by atoms with Gasteiger partial charge in [-0.3, -0.25) is 9.59 Å². The molecule has 5 nitrogen and oxygen atoms in total. The first-order valence-electron chi connectivity index (χ1n) is 9.14. The number of nitrogens with zero attached hydrogens (tertiary/aromatic N) is 1. The molecule has 1 aromatic heterocycles. The Bertz CT molecular complexity index is 1400. The SMILES string of the molecule is O=C(Nc1cccc(/C=C(/Cl)c2nc3ccc(Cl)cc3c(=O)[nH]2)c1)c1ccccc1Cl. The molecule has 1 amide bonds. The predicted molar refractivity (Wildman–Crippen MR) is 127 cm³/mol. The lowest BCUT2D eigenvalue weighted by atomic mass is 10.1. The molecule has 0 aliphatic rings. The Kier molecular flexibility index (Phi) is 6.09. The van der Waals surface area contributed by atoms with Gasteiger partial charge in [0.1, 0.15) is 0 Å². The smallest absolute Gasteiger partial charge is 0.259 e. The Hall–Kier alpha value is -3.12. The van der Waals surface area contributed by atoms with E-state index < -0.39 is 0 Å². The van der Waals surface area contributed by atoms with E-state index in [0.717, 1.165) is 0 Å². The first-order chi connectivity index (χ1) is 14.9. The number of carbonyl (C=O) groups excluding carboxylic acids is 1. The molecule has 0 saturated heterocycles. The number of benzene rings is 3. The molecular formula is C23H14Cl3N3O2. The van der Waals surface area contributed by atoms with Gasteiger partial charge >= 0.3 is 0 Å². The minimum atomic E-state index is -0.338. The summed E-state index contributed by atoms with van der Waals surface area (Å²) < 4.78 is 0. The first kappa shape index (κ1) is 21.1. The fourth-order valence-electron chi connectivity index (χ4n) is 2.99. The van der Waals surface area contributed by atoms with Crippen LogP contribution < -0.4 is 10.9 Å². The summed E-state index contributed by atoms with van der Waals surface area (Å²) in [6.45, 7) is 0. The van der Waals surface area contributed by atoms with Crippen LogP contribution in [0.1, 0.15) is 21.7 Å². The van der Waals surface area contributed by atoms with Gasteiger partial charge in [0.05, 0.1) is 26.5 Å². The van der Waals surface area contributed by atoms with Crippen LogP contribution >= 0.6 is 34.8 Å². The maximum Gasteiger partial charge on any atom is 0.259 e. The van der Waals surface area contributed by atoms with Gasteiger partial charge in [-0.1, -0.05) is 59.1 Å². The lowest BCUT2D eigenvalue weighted by Gasteiger charge is -2.08. The van der Waals surface area contributed by atoms with Gasteiger partial charge in [0.25, 0.3) is 11.5 Å². The standard InChI is InChI=1S/C23H14Cl3N3O2/c24-14-8-9-20-17(12-14)23(31)29-21(28-20)19(26)11-13-4-3-5-15(10-13)27-22(30)16-6-1-2-7-18(16)25/h1-12H,(H,27,30)(H,28,29,31)/b19-11+. The Balaban J connectivity index is 1.61. The number of aromatic nitrogens is 2. The molecule has 0 radical (unpaired) electrons. The quantitative estimate of drug-likeness (QED) is 0.372. The fourth-order valence-corrected chi connectivity index (χ4v) is 3.60. The molecule has 3 aromatic carbocycles. The zero-order valence-electron chi connectivity index (χ0n) is 15.8. The summed E-state index contributed by atoms with van der Waals surface area (Å²) in [5, 5.41) is 4.24. The second-order valence-corrected chi connectivity index (χ2v) is 7.88. The van der Waals surface area contributed by atoms with Crippen molar-refractivity contribution in [3.63, 3.8) is 0 Å². The molecule has 0 fully saturated rings. The van der Waals surface area contributed by atoms with E-state index in [2.05, 4.69) is 15.3 Å². The topological polar surface area (TPSA) is 74.8 Å². The summed E-state index contributed by atoms with van der Waals surface area (Å²) in [5.41, 5.74) is 1.80. The van der Waals surface area contributed by atoms with Gasteiger partial charge in [-0.15, -0.1) is 0 Å². The van der Waals surface area contributed by atoms with Gasteiger partial charge in [0.2, 0.25) is 0 Å². The van der Waals surface area contributed by atoms with Crippen molar-refractivity contribution in [2.24, 2.45) is 0 Å². The highest BCUT2D eigenvalue weighted by Crippen LogP contribution is 2.23. The van der Waals surface area contributed by atoms with Crippen molar-refractivity contribution in [3.8, 4) is 0 Å². The summed E-state index contributed by atoms with van der Waals surface area (Å²) in [4.78, 5) is 31.9. The highest BCUT2D eigenvalue weighted by molar-refractivity contribution is 6.50. The van der Waals surface area contributed by atoms with Crippen LogP contribution in [0.4, 0.5) is 5.69 Å². The van der Waals surface area contributed by atoms with Crippen LogP contribution in [0.5, 0.6) is 0 Å². The lowest BCUT2D eigenvalue weighted by molar-refractivity contribution is 0.102. The normalized spacial score (nSPS) is 11.5. The zero-order chi connectivity index (χ0) is 22.0. The third kappa shape index (κ3) is 4.80. The van der Waals surface area contributed by atoms with Crippen LogP contribution in [-0.4, -0.2) is 15.9 Å². The molecule has 8 heteroatoms. The third-order valence-corrected chi connectivity index (χ3v) is 5.30. The van der Waals surface area contributed by atoms with E-state index in [0.29, 0.717) is 37.8 Å². The van der Waals surface area contributed by atoms with E-state index in [-0.39, 0.29) is 22.3 Å². The van der Waals surface area contributed by atoms with E-state index in [1.54, 1.807) is 66.7 Å². The van der Waals surface area contributed by atoms with Crippen LogP contribution in [0.3, 0.4) is 0 Å². The second-order valence-electron chi connectivity index (χ2n) is 6.63. The van der Waals surface area contributed by atoms with E-state index in [1.165, 1.54) is 0 Å². The second kappa shape index (κ2) is 8.94. The average Bonchev–Trinajstić information content (AvgIpc) is 2.74. The van der Waals surface area contributed by atoms with Crippen LogP contribution in [0.15, 0.2) is 71.5 Å². The number of carbonyl (C=O) groups is 1. The van der Waals surface area contributed by atoms with E-state index >= 15 is 0 Å². The first-order valence-corrected chi connectivity index (χ1v) is 10.3. The van der Waals surface area contributed by atoms with Gasteiger partial charge in [0, 0.05) is 10.7 Å². The van der Waals surface area contributed by atoms with Gasteiger partial charge in [-0.25, -0.2) is 4.98 Å². The van der Waals surface area contributed by atoms with Crippen LogP contribution in [-0.2, 0) is 0 Å². The Morgan fingerprint density at radius 1 is 1.00 bits per heavy atom. The number of H-pyrrole nitrogens is 1. The van der Waals surface area contributed by atoms with Crippen molar-refractivity contribution in [2.45, 2.75) is 0 Å². The maximum absolute atomic E-state index is 12.5. The molecule has 0 saturated carbocycles. The molecule has 4 rings (SSSR count). The molecule has 4 aromatic rings. The highest BCUT2D eigenvalue weighted by atomic mass is 35.5. The summed E-state index contributed by atoms with van der Waals surface area (Å²) in [6, 6.07) is 18.7. The van der Waals surface area contributed by atoms with E-state index in [1.807, 2.05) is 6.07 Å². The Morgan fingerprint density at radius 2 is 1.81 bits per heavy atom. The molecule has 0 aliphatic heterocycles. The number of fused-ring (bicyclic) bond motifs is 1. The number of rotatable bonds is 4. The highest BCUT2D eigenvalue weighted by Gasteiger charge is 2.11. The average molecular weight is 471 g/mol. The molecule has 154 valence electrons. The Labute approximate surface area is 192 Å². The monoisotopic (exact) mass is 469 g/mol. The van der Waals surface area contributed by atoms with Gasteiger partial charge in [-0.05, 0) is 54.1 Å². The van der Waals surface area contributed by atoms with Crippen LogP contribution in [0.2, 0.25) is 10.0 Å². The van der Waals surface area contributed by atoms with Gasteiger partial charge in [-0.2, -0.15) is 0 Å². The zero-order valence-corrected chi connectivity index (χ0v) is 18.1. The van der Waals surface area contributed by atoms with E-state index in [9.17, 15) is 9.59 Å². The van der Waals surface area contributed by atoms with Crippen molar-refractivity contribution in [3.05, 3.63) is 104 Å². The van der Waals surface area contributed by atoms with Crippen molar-refractivity contribution in [2.75, 3.05) is 5.32 Å². The fraction of sp³-hybridized carbons (Fsp3) is 0. The van der Waals surface area contributed by atoms with Crippen molar-refractivity contribution < 1.29 is 4.79 Å². The van der Waals surface area contributed by atoms with Gasteiger partial charge < -0.3 is 10.3 Å². The Morgan fingerprint density at radius 3 is 2.61 bits per heavy atom. The molecule has 0 atom stereocenters. The molecule has 1 heterocycles. The number of halogens is 3. The van der Waals surface area contributed by atoms with Crippen molar-refractivity contribution in [1.29, 1.82) is 0 Å². The summed E-state index contributed by atoms with van der Waals surface area (Å²) in [7, 11) is 0.